The molecule has 0 unspecified atom stereocenters. The van der Waals surface area contributed by atoms with Crippen molar-refractivity contribution >= 4 is 17.4 Å². The van der Waals surface area contributed by atoms with Gasteiger partial charge in [-0.15, -0.1) is 10.2 Å². The molecule has 2 heterocycles. The summed E-state index contributed by atoms with van der Waals surface area (Å²) in [6.07, 6.45) is 0. The van der Waals surface area contributed by atoms with Crippen molar-refractivity contribution in [3.8, 4) is 11.5 Å². The highest BCUT2D eigenvalue weighted by Crippen LogP contribution is 2.33. The number of ether oxygens (including phenoxy) is 2. The van der Waals surface area contributed by atoms with Gasteiger partial charge < -0.3 is 20.1 Å². The van der Waals surface area contributed by atoms with Crippen molar-refractivity contribution in [2.24, 2.45) is 0 Å². The van der Waals surface area contributed by atoms with Crippen molar-refractivity contribution < 1.29 is 14.3 Å². The van der Waals surface area contributed by atoms with Gasteiger partial charge in [-0.3, -0.25) is 4.79 Å². The second-order valence-corrected chi connectivity index (χ2v) is 6.49. The van der Waals surface area contributed by atoms with Crippen LogP contribution in [-0.2, 0) is 0 Å². The van der Waals surface area contributed by atoms with Gasteiger partial charge in [0, 0.05) is 17.3 Å². The fourth-order valence-electron chi connectivity index (χ4n) is 2.19. The standard InChI is InChI=1S/C17H20N4O3/c1-17(2,3)19-16(22)12-5-7-15(21-20-12)18-11-4-6-13-14(10-11)24-9-8-23-13/h4-7,10H,8-9H2,1-3H3,(H,18,21)(H,19,22). The Morgan fingerprint density at radius 1 is 1.04 bits per heavy atom. The second-order valence-electron chi connectivity index (χ2n) is 6.49. The first-order valence-electron chi connectivity index (χ1n) is 7.74. The van der Waals surface area contributed by atoms with E-state index >= 15 is 0 Å². The van der Waals surface area contributed by atoms with E-state index in [-0.39, 0.29) is 17.1 Å². The first-order chi connectivity index (χ1) is 11.4. The monoisotopic (exact) mass is 328 g/mol. The molecule has 0 spiro atoms. The molecule has 126 valence electrons. The summed E-state index contributed by atoms with van der Waals surface area (Å²) in [6, 6.07) is 8.90. The second kappa shape index (κ2) is 6.35. The maximum absolute atomic E-state index is 12.0. The molecule has 0 atom stereocenters. The van der Waals surface area contributed by atoms with E-state index in [0.717, 1.165) is 11.4 Å². The summed E-state index contributed by atoms with van der Waals surface area (Å²) in [5.74, 6) is 1.72. The van der Waals surface area contributed by atoms with Crippen LogP contribution in [0.2, 0.25) is 0 Å². The summed E-state index contributed by atoms with van der Waals surface area (Å²) in [5, 5.41) is 14.0. The van der Waals surface area contributed by atoms with Crippen LogP contribution in [0.25, 0.3) is 0 Å². The van der Waals surface area contributed by atoms with Gasteiger partial charge in [0.05, 0.1) is 0 Å². The van der Waals surface area contributed by atoms with E-state index in [1.165, 1.54) is 0 Å². The molecule has 24 heavy (non-hydrogen) atoms. The lowest BCUT2D eigenvalue weighted by atomic mass is 10.1. The van der Waals surface area contributed by atoms with Gasteiger partial charge >= 0.3 is 0 Å². The molecular weight excluding hydrogens is 308 g/mol. The molecule has 3 rings (SSSR count). The summed E-state index contributed by atoms with van der Waals surface area (Å²) < 4.78 is 11.0. The molecule has 0 bridgehead atoms. The Hall–Kier alpha value is -2.83. The zero-order valence-corrected chi connectivity index (χ0v) is 13.9. The molecule has 7 heteroatoms. The number of carbonyl (C=O) groups excluding carboxylic acids is 1. The molecule has 1 aliphatic heterocycles. The van der Waals surface area contributed by atoms with E-state index in [2.05, 4.69) is 20.8 Å². The third-order valence-electron chi connectivity index (χ3n) is 3.20. The first kappa shape index (κ1) is 16.0. The molecule has 0 fully saturated rings. The number of hydrogen-bond acceptors (Lipinski definition) is 6. The molecule has 7 nitrogen and oxygen atoms in total. The number of anilines is 2. The average Bonchev–Trinajstić information content (AvgIpc) is 2.54. The number of rotatable bonds is 3. The molecule has 1 aromatic carbocycles. The van der Waals surface area contributed by atoms with Gasteiger partial charge in [0.25, 0.3) is 5.91 Å². The summed E-state index contributed by atoms with van der Waals surface area (Å²) in [5.41, 5.74) is 0.763. The van der Waals surface area contributed by atoms with Crippen molar-refractivity contribution in [1.29, 1.82) is 0 Å². The fraction of sp³-hybridized carbons (Fsp3) is 0.353. The molecule has 0 aliphatic carbocycles. The number of amides is 1. The number of nitrogens with zero attached hydrogens (tertiary/aromatic N) is 2. The summed E-state index contributed by atoms with van der Waals surface area (Å²) >= 11 is 0. The van der Waals surface area contributed by atoms with E-state index in [0.29, 0.717) is 24.8 Å². The van der Waals surface area contributed by atoms with Gasteiger partial charge in [0.2, 0.25) is 0 Å². The lowest BCUT2D eigenvalue weighted by molar-refractivity contribution is 0.0913. The molecule has 1 aliphatic rings. The van der Waals surface area contributed by atoms with Gasteiger partial charge in [-0.2, -0.15) is 0 Å². The number of carbonyl (C=O) groups is 1. The molecular formula is C17H20N4O3. The minimum atomic E-state index is -0.319. The van der Waals surface area contributed by atoms with Gasteiger partial charge in [-0.05, 0) is 45.0 Å². The highest BCUT2D eigenvalue weighted by atomic mass is 16.6. The summed E-state index contributed by atoms with van der Waals surface area (Å²) in [7, 11) is 0. The predicted octanol–water partition coefficient (Wildman–Crippen LogP) is 2.52. The summed E-state index contributed by atoms with van der Waals surface area (Å²) in [4.78, 5) is 12.0. The van der Waals surface area contributed by atoms with Crippen LogP contribution >= 0.6 is 0 Å². The Labute approximate surface area is 140 Å². The van der Waals surface area contributed by atoms with Gasteiger partial charge in [0.1, 0.15) is 13.2 Å². The van der Waals surface area contributed by atoms with E-state index in [4.69, 9.17) is 9.47 Å². The highest BCUT2D eigenvalue weighted by molar-refractivity contribution is 5.92. The number of hydrogen-bond donors (Lipinski definition) is 2. The Balaban J connectivity index is 1.69. The molecule has 0 radical (unpaired) electrons. The molecule has 2 aromatic rings. The lowest BCUT2D eigenvalue weighted by Gasteiger charge is -2.20. The van der Waals surface area contributed by atoms with Gasteiger partial charge in [0.15, 0.2) is 23.0 Å². The van der Waals surface area contributed by atoms with Crippen molar-refractivity contribution in [1.82, 2.24) is 15.5 Å². The number of nitrogens with one attached hydrogen (secondary N) is 2. The molecule has 0 saturated carbocycles. The quantitative estimate of drug-likeness (QED) is 0.900. The molecule has 0 saturated heterocycles. The summed E-state index contributed by atoms with van der Waals surface area (Å²) in [6.45, 7) is 6.83. The number of benzene rings is 1. The van der Waals surface area contributed by atoms with Crippen LogP contribution < -0.4 is 20.1 Å². The molecule has 2 N–H and O–H groups in total. The minimum Gasteiger partial charge on any atom is -0.486 e. The van der Waals surface area contributed by atoms with Gasteiger partial charge in [-0.1, -0.05) is 0 Å². The van der Waals surface area contributed by atoms with Crippen molar-refractivity contribution in [3.63, 3.8) is 0 Å². The van der Waals surface area contributed by atoms with Gasteiger partial charge in [-0.25, -0.2) is 0 Å². The fourth-order valence-corrected chi connectivity index (χ4v) is 2.19. The Morgan fingerprint density at radius 2 is 1.79 bits per heavy atom. The van der Waals surface area contributed by atoms with Crippen LogP contribution in [0.3, 0.4) is 0 Å². The SMILES string of the molecule is CC(C)(C)NC(=O)c1ccc(Nc2ccc3c(c2)OCCO3)nn1. The Bertz CT molecular complexity index is 738. The van der Waals surface area contributed by atoms with Crippen LogP contribution in [0, 0.1) is 0 Å². The highest BCUT2D eigenvalue weighted by Gasteiger charge is 2.17. The van der Waals surface area contributed by atoms with Crippen LogP contribution in [0.1, 0.15) is 31.3 Å². The van der Waals surface area contributed by atoms with Crippen LogP contribution in [0.4, 0.5) is 11.5 Å². The number of aromatic nitrogens is 2. The Morgan fingerprint density at radius 3 is 2.46 bits per heavy atom. The third kappa shape index (κ3) is 3.92. The van der Waals surface area contributed by atoms with Crippen LogP contribution in [0.5, 0.6) is 11.5 Å². The maximum atomic E-state index is 12.0. The average molecular weight is 328 g/mol. The van der Waals surface area contributed by atoms with Crippen molar-refractivity contribution in [2.75, 3.05) is 18.5 Å². The first-order valence-corrected chi connectivity index (χ1v) is 7.74. The van der Waals surface area contributed by atoms with E-state index in [9.17, 15) is 4.79 Å². The van der Waals surface area contributed by atoms with Crippen LogP contribution in [0.15, 0.2) is 30.3 Å². The topological polar surface area (TPSA) is 85.4 Å². The lowest BCUT2D eigenvalue weighted by Crippen LogP contribution is -2.41. The Kier molecular flexibility index (Phi) is 4.24. The maximum Gasteiger partial charge on any atom is 0.272 e. The normalized spacial score (nSPS) is 13.3. The van der Waals surface area contributed by atoms with E-state index in [1.807, 2.05) is 39.0 Å². The minimum absolute atomic E-state index is 0.249. The van der Waals surface area contributed by atoms with Crippen molar-refractivity contribution in [3.05, 3.63) is 36.0 Å². The van der Waals surface area contributed by atoms with Crippen LogP contribution in [-0.4, -0.2) is 34.9 Å². The largest absolute Gasteiger partial charge is 0.486 e. The zero-order chi connectivity index (χ0) is 17.2. The number of fused-ring (bicyclic) bond motifs is 1. The molecule has 1 aromatic heterocycles. The predicted molar refractivity (Wildman–Crippen MR) is 90.0 cm³/mol. The van der Waals surface area contributed by atoms with E-state index < -0.39 is 0 Å². The van der Waals surface area contributed by atoms with E-state index in [1.54, 1.807) is 12.1 Å². The zero-order valence-electron chi connectivity index (χ0n) is 13.9. The third-order valence-corrected chi connectivity index (χ3v) is 3.20. The van der Waals surface area contributed by atoms with Crippen molar-refractivity contribution in [2.45, 2.75) is 26.3 Å². The smallest absolute Gasteiger partial charge is 0.272 e. The molecule has 1 amide bonds.